The highest BCUT2D eigenvalue weighted by Gasteiger charge is 2.18. The second kappa shape index (κ2) is 10.0. The van der Waals surface area contributed by atoms with E-state index in [-0.39, 0.29) is 5.91 Å². The number of carbonyl (C=O) groups is 1. The lowest BCUT2D eigenvalue weighted by Gasteiger charge is -2.18. The Morgan fingerprint density at radius 1 is 1.25 bits per heavy atom. The molecule has 1 aliphatic rings. The summed E-state index contributed by atoms with van der Waals surface area (Å²) < 4.78 is 5.75. The first-order valence-corrected chi connectivity index (χ1v) is 9.17. The van der Waals surface area contributed by atoms with Crippen molar-refractivity contribution in [2.24, 2.45) is 0 Å². The van der Waals surface area contributed by atoms with E-state index in [1.807, 2.05) is 27.7 Å². The summed E-state index contributed by atoms with van der Waals surface area (Å²) in [4.78, 5) is 14.5. The molecule has 0 saturated heterocycles. The van der Waals surface area contributed by atoms with Gasteiger partial charge < -0.3 is 15.0 Å². The second-order valence-corrected chi connectivity index (χ2v) is 5.38. The third-order valence-corrected chi connectivity index (χ3v) is 3.92. The standard InChI is InChI=1S/C16H20N2O2.2C2H6/c1-10-12(7-8-17-11(2)19)16-13-4-3-9-20-15(13)6-5-14(16)18-10;2*1-2/h5-6,18H,3-4,7-9H2,1-2H3,(H,17,19);2*1-2H3. The number of aryl methyl sites for hydroxylation is 2. The summed E-state index contributed by atoms with van der Waals surface area (Å²) in [5.41, 5.74) is 4.97. The van der Waals surface area contributed by atoms with Crippen molar-refractivity contribution in [2.75, 3.05) is 13.2 Å². The molecule has 1 aromatic heterocycles. The smallest absolute Gasteiger partial charge is 0.216 e. The van der Waals surface area contributed by atoms with Gasteiger partial charge in [-0.25, -0.2) is 0 Å². The predicted molar refractivity (Wildman–Crippen MR) is 102 cm³/mol. The van der Waals surface area contributed by atoms with Crippen LogP contribution in [0.15, 0.2) is 12.1 Å². The van der Waals surface area contributed by atoms with E-state index in [4.69, 9.17) is 4.74 Å². The highest BCUT2D eigenvalue weighted by Crippen LogP contribution is 2.35. The minimum absolute atomic E-state index is 0.0212. The molecule has 0 bridgehead atoms. The van der Waals surface area contributed by atoms with Gasteiger partial charge in [0.05, 0.1) is 6.61 Å². The minimum Gasteiger partial charge on any atom is -0.493 e. The Bertz CT molecular complexity index is 659. The van der Waals surface area contributed by atoms with Gasteiger partial charge in [-0.2, -0.15) is 0 Å². The molecule has 0 unspecified atom stereocenters. The first-order valence-electron chi connectivity index (χ1n) is 9.17. The van der Waals surface area contributed by atoms with Crippen LogP contribution in [0.4, 0.5) is 0 Å². The molecule has 0 spiro atoms. The number of H-pyrrole nitrogens is 1. The van der Waals surface area contributed by atoms with E-state index in [1.54, 1.807) is 6.92 Å². The van der Waals surface area contributed by atoms with Crippen LogP contribution in [0.2, 0.25) is 0 Å². The van der Waals surface area contributed by atoms with Crippen molar-refractivity contribution in [3.63, 3.8) is 0 Å². The lowest BCUT2D eigenvalue weighted by molar-refractivity contribution is -0.118. The molecule has 0 fully saturated rings. The molecule has 1 aromatic carbocycles. The Balaban J connectivity index is 0.000000671. The summed E-state index contributed by atoms with van der Waals surface area (Å²) >= 11 is 0. The van der Waals surface area contributed by atoms with Gasteiger partial charge in [0.15, 0.2) is 0 Å². The zero-order chi connectivity index (χ0) is 18.1. The highest BCUT2D eigenvalue weighted by atomic mass is 16.5. The van der Waals surface area contributed by atoms with E-state index in [9.17, 15) is 4.79 Å². The normalized spacial score (nSPS) is 12.1. The van der Waals surface area contributed by atoms with E-state index in [2.05, 4.69) is 29.4 Å². The quantitative estimate of drug-likeness (QED) is 0.867. The maximum atomic E-state index is 11.0. The van der Waals surface area contributed by atoms with Gasteiger partial charge in [0.1, 0.15) is 5.75 Å². The van der Waals surface area contributed by atoms with Crippen LogP contribution in [0, 0.1) is 6.92 Å². The maximum Gasteiger partial charge on any atom is 0.216 e. The van der Waals surface area contributed by atoms with Crippen LogP contribution in [-0.4, -0.2) is 24.0 Å². The van der Waals surface area contributed by atoms with Gasteiger partial charge >= 0.3 is 0 Å². The monoisotopic (exact) mass is 332 g/mol. The molecule has 0 aliphatic carbocycles. The van der Waals surface area contributed by atoms with E-state index in [1.165, 1.54) is 27.7 Å². The summed E-state index contributed by atoms with van der Waals surface area (Å²) in [6.07, 6.45) is 2.99. The molecule has 4 heteroatoms. The summed E-state index contributed by atoms with van der Waals surface area (Å²) in [6.45, 7) is 13.1. The number of hydrogen-bond acceptors (Lipinski definition) is 2. The molecule has 2 heterocycles. The Labute approximate surface area is 146 Å². The molecule has 1 aliphatic heterocycles. The van der Waals surface area contributed by atoms with E-state index >= 15 is 0 Å². The SMILES string of the molecule is CC.CC.CC(=O)NCCc1c(C)[nH]c2ccc3c(c12)CCCO3. The second-order valence-electron chi connectivity index (χ2n) is 5.38. The van der Waals surface area contributed by atoms with Crippen molar-refractivity contribution in [1.82, 2.24) is 10.3 Å². The molecule has 0 atom stereocenters. The summed E-state index contributed by atoms with van der Waals surface area (Å²) in [5.74, 6) is 1.04. The fraction of sp³-hybridized carbons (Fsp3) is 0.550. The lowest BCUT2D eigenvalue weighted by atomic mass is 9.97. The van der Waals surface area contributed by atoms with Crippen LogP contribution in [0.25, 0.3) is 10.9 Å². The van der Waals surface area contributed by atoms with Gasteiger partial charge in [-0.15, -0.1) is 0 Å². The van der Waals surface area contributed by atoms with Crippen molar-refractivity contribution >= 4 is 16.8 Å². The Hall–Kier alpha value is -1.97. The number of aromatic amines is 1. The number of hydrogen-bond donors (Lipinski definition) is 2. The maximum absolute atomic E-state index is 11.0. The van der Waals surface area contributed by atoms with Gasteiger partial charge in [0, 0.05) is 35.6 Å². The number of nitrogens with one attached hydrogen (secondary N) is 2. The summed E-state index contributed by atoms with van der Waals surface area (Å²) in [5, 5.41) is 4.17. The van der Waals surface area contributed by atoms with Gasteiger partial charge in [-0.05, 0) is 43.9 Å². The summed E-state index contributed by atoms with van der Waals surface area (Å²) in [6, 6.07) is 4.15. The van der Waals surface area contributed by atoms with Gasteiger partial charge in [0.2, 0.25) is 5.91 Å². The first-order chi connectivity index (χ1) is 11.7. The van der Waals surface area contributed by atoms with Crippen LogP contribution in [0.3, 0.4) is 0 Å². The molecule has 3 rings (SSSR count). The molecule has 2 N–H and O–H groups in total. The number of benzene rings is 1. The molecule has 2 aromatic rings. The number of amides is 1. The molecule has 134 valence electrons. The molecular weight excluding hydrogens is 300 g/mol. The highest BCUT2D eigenvalue weighted by molar-refractivity contribution is 5.90. The van der Waals surface area contributed by atoms with Crippen LogP contribution in [-0.2, 0) is 17.6 Å². The average molecular weight is 332 g/mol. The lowest BCUT2D eigenvalue weighted by Crippen LogP contribution is -2.22. The van der Waals surface area contributed by atoms with Crippen LogP contribution in [0.5, 0.6) is 5.75 Å². The number of carbonyl (C=O) groups excluding carboxylic acids is 1. The van der Waals surface area contributed by atoms with Crippen molar-refractivity contribution in [2.45, 2.75) is 60.8 Å². The number of ether oxygens (including phenoxy) is 1. The Morgan fingerprint density at radius 2 is 1.96 bits per heavy atom. The average Bonchev–Trinajstić information content (AvgIpc) is 2.94. The topological polar surface area (TPSA) is 54.1 Å². The predicted octanol–water partition coefficient (Wildman–Crippen LogP) is 4.53. The first kappa shape index (κ1) is 20.1. The number of fused-ring (bicyclic) bond motifs is 3. The number of aromatic nitrogens is 1. The van der Waals surface area contributed by atoms with E-state index in [0.29, 0.717) is 6.54 Å². The van der Waals surface area contributed by atoms with Crippen molar-refractivity contribution in [3.05, 3.63) is 29.0 Å². The molecule has 0 saturated carbocycles. The zero-order valence-electron chi connectivity index (χ0n) is 16.0. The van der Waals surface area contributed by atoms with Gasteiger partial charge in [-0.3, -0.25) is 4.79 Å². The fourth-order valence-corrected chi connectivity index (χ4v) is 3.03. The van der Waals surface area contributed by atoms with Crippen LogP contribution < -0.4 is 10.1 Å². The molecular formula is C20H32N2O2. The van der Waals surface area contributed by atoms with E-state index < -0.39 is 0 Å². The third-order valence-electron chi connectivity index (χ3n) is 3.92. The van der Waals surface area contributed by atoms with Crippen LogP contribution in [0.1, 0.15) is 57.9 Å². The Kier molecular flexibility index (Phi) is 8.37. The molecule has 4 nitrogen and oxygen atoms in total. The van der Waals surface area contributed by atoms with Crippen molar-refractivity contribution in [3.8, 4) is 5.75 Å². The van der Waals surface area contributed by atoms with E-state index in [0.717, 1.165) is 31.6 Å². The molecule has 1 amide bonds. The third kappa shape index (κ3) is 4.53. The Morgan fingerprint density at radius 3 is 2.62 bits per heavy atom. The zero-order valence-corrected chi connectivity index (χ0v) is 16.0. The molecule has 24 heavy (non-hydrogen) atoms. The molecule has 0 radical (unpaired) electrons. The van der Waals surface area contributed by atoms with Crippen molar-refractivity contribution in [1.29, 1.82) is 0 Å². The van der Waals surface area contributed by atoms with Gasteiger partial charge in [0.25, 0.3) is 0 Å². The van der Waals surface area contributed by atoms with Crippen LogP contribution >= 0.6 is 0 Å². The number of rotatable bonds is 3. The largest absolute Gasteiger partial charge is 0.493 e. The fourth-order valence-electron chi connectivity index (χ4n) is 3.03. The van der Waals surface area contributed by atoms with Gasteiger partial charge in [-0.1, -0.05) is 27.7 Å². The minimum atomic E-state index is 0.0212. The summed E-state index contributed by atoms with van der Waals surface area (Å²) in [7, 11) is 0. The van der Waals surface area contributed by atoms with Crippen molar-refractivity contribution < 1.29 is 9.53 Å².